The number of rotatable bonds is 3. The van der Waals surface area contributed by atoms with Gasteiger partial charge in [0.2, 0.25) is 0 Å². The van der Waals surface area contributed by atoms with Crippen molar-refractivity contribution in [1.82, 2.24) is 0 Å². The van der Waals surface area contributed by atoms with Crippen LogP contribution in [0.25, 0.3) is 12.2 Å². The van der Waals surface area contributed by atoms with E-state index in [-0.39, 0.29) is 0 Å². The number of halogens is 3. The molecule has 21 heavy (non-hydrogen) atoms. The van der Waals surface area contributed by atoms with Crippen molar-refractivity contribution in [2.24, 2.45) is 0 Å². The zero-order valence-electron chi connectivity index (χ0n) is 12.0. The van der Waals surface area contributed by atoms with Gasteiger partial charge in [0.05, 0.1) is 5.56 Å². The zero-order valence-corrected chi connectivity index (χ0v) is 12.0. The zero-order chi connectivity index (χ0) is 15.5. The first-order valence-corrected chi connectivity index (χ1v) is 6.81. The first kappa shape index (κ1) is 15.4. The maximum atomic E-state index is 12.6. The molecular formula is C18H17F3. The molecule has 0 fully saturated rings. The standard InChI is InChI=1S/C18H17F3/c1-13(2)16-10-8-14(9-11-16)6-7-15-4-3-5-17(12-15)18(19,20)21/h3-13H,1-2H3/b7-6+. The number of hydrogen-bond acceptors (Lipinski definition) is 0. The van der Waals surface area contributed by atoms with Crippen LogP contribution in [0.4, 0.5) is 13.2 Å². The predicted molar refractivity (Wildman–Crippen MR) is 80.9 cm³/mol. The van der Waals surface area contributed by atoms with Gasteiger partial charge in [-0.05, 0) is 34.7 Å². The molecule has 0 saturated heterocycles. The highest BCUT2D eigenvalue weighted by molar-refractivity contribution is 5.70. The second-order valence-electron chi connectivity index (χ2n) is 5.28. The lowest BCUT2D eigenvalue weighted by Gasteiger charge is -2.07. The van der Waals surface area contributed by atoms with E-state index in [1.54, 1.807) is 12.1 Å². The van der Waals surface area contributed by atoms with Crippen LogP contribution >= 0.6 is 0 Å². The van der Waals surface area contributed by atoms with E-state index in [0.29, 0.717) is 11.5 Å². The molecule has 0 N–H and O–H groups in total. The fourth-order valence-corrected chi connectivity index (χ4v) is 2.00. The fourth-order valence-electron chi connectivity index (χ4n) is 2.00. The van der Waals surface area contributed by atoms with Crippen molar-refractivity contribution in [1.29, 1.82) is 0 Å². The molecule has 0 amide bonds. The van der Waals surface area contributed by atoms with Crippen LogP contribution in [0.1, 0.15) is 42.0 Å². The molecule has 0 saturated carbocycles. The van der Waals surface area contributed by atoms with Crippen molar-refractivity contribution in [3.63, 3.8) is 0 Å². The van der Waals surface area contributed by atoms with Crippen LogP contribution in [0, 0.1) is 0 Å². The summed E-state index contributed by atoms with van der Waals surface area (Å²) in [6.07, 6.45) is -0.790. The minimum atomic E-state index is -4.30. The molecular weight excluding hydrogens is 273 g/mol. The predicted octanol–water partition coefficient (Wildman–Crippen LogP) is 6.00. The molecule has 2 rings (SSSR count). The monoisotopic (exact) mass is 290 g/mol. The van der Waals surface area contributed by atoms with E-state index >= 15 is 0 Å². The van der Waals surface area contributed by atoms with Crippen LogP contribution in [-0.4, -0.2) is 0 Å². The molecule has 0 heterocycles. The van der Waals surface area contributed by atoms with Gasteiger partial charge < -0.3 is 0 Å². The third-order valence-corrected chi connectivity index (χ3v) is 3.29. The van der Waals surface area contributed by atoms with E-state index in [4.69, 9.17) is 0 Å². The summed E-state index contributed by atoms with van der Waals surface area (Å²) in [7, 11) is 0. The molecule has 2 aromatic carbocycles. The third kappa shape index (κ3) is 4.22. The second-order valence-corrected chi connectivity index (χ2v) is 5.28. The molecule has 0 aliphatic heterocycles. The summed E-state index contributed by atoms with van der Waals surface area (Å²) in [5, 5.41) is 0. The molecule has 110 valence electrons. The summed E-state index contributed by atoms with van der Waals surface area (Å²) in [5.74, 6) is 0.464. The normalized spacial score (nSPS) is 12.3. The maximum absolute atomic E-state index is 12.6. The SMILES string of the molecule is CC(C)c1ccc(/C=C/c2cccc(C(F)(F)F)c2)cc1. The van der Waals surface area contributed by atoms with Crippen LogP contribution < -0.4 is 0 Å². The number of hydrogen-bond donors (Lipinski definition) is 0. The van der Waals surface area contributed by atoms with Gasteiger partial charge in [-0.2, -0.15) is 13.2 Å². The number of alkyl halides is 3. The molecule has 0 radical (unpaired) electrons. The topological polar surface area (TPSA) is 0 Å². The smallest absolute Gasteiger partial charge is 0.166 e. The van der Waals surface area contributed by atoms with Crippen molar-refractivity contribution in [3.8, 4) is 0 Å². The van der Waals surface area contributed by atoms with Gasteiger partial charge in [0, 0.05) is 0 Å². The van der Waals surface area contributed by atoms with Gasteiger partial charge in [-0.3, -0.25) is 0 Å². The van der Waals surface area contributed by atoms with Crippen molar-refractivity contribution in [2.45, 2.75) is 25.9 Å². The third-order valence-electron chi connectivity index (χ3n) is 3.29. The van der Waals surface area contributed by atoms with E-state index in [2.05, 4.69) is 13.8 Å². The molecule has 0 spiro atoms. The second kappa shape index (κ2) is 6.17. The lowest BCUT2D eigenvalue weighted by atomic mass is 10.0. The van der Waals surface area contributed by atoms with Crippen molar-refractivity contribution < 1.29 is 13.2 Å². The molecule has 0 nitrogen and oxygen atoms in total. The maximum Gasteiger partial charge on any atom is 0.416 e. The molecule has 2 aromatic rings. The van der Waals surface area contributed by atoms with Gasteiger partial charge in [-0.1, -0.05) is 62.4 Å². The summed E-state index contributed by atoms with van der Waals surface area (Å²) in [6, 6.07) is 13.3. The highest BCUT2D eigenvalue weighted by Crippen LogP contribution is 2.29. The van der Waals surface area contributed by atoms with Gasteiger partial charge in [-0.15, -0.1) is 0 Å². The molecule has 0 aliphatic rings. The molecule has 0 unspecified atom stereocenters. The van der Waals surface area contributed by atoms with Gasteiger partial charge in [0.15, 0.2) is 0 Å². The van der Waals surface area contributed by atoms with E-state index in [0.717, 1.165) is 17.7 Å². The van der Waals surface area contributed by atoms with Crippen molar-refractivity contribution in [3.05, 3.63) is 70.8 Å². The van der Waals surface area contributed by atoms with Gasteiger partial charge in [-0.25, -0.2) is 0 Å². The van der Waals surface area contributed by atoms with Crippen LogP contribution in [0.2, 0.25) is 0 Å². The van der Waals surface area contributed by atoms with E-state index in [1.165, 1.54) is 11.6 Å². The molecule has 0 aromatic heterocycles. The Morgan fingerprint density at radius 3 is 2.05 bits per heavy atom. The van der Waals surface area contributed by atoms with Crippen molar-refractivity contribution in [2.75, 3.05) is 0 Å². The Kier molecular flexibility index (Phi) is 4.51. The van der Waals surface area contributed by atoms with Crippen LogP contribution in [0.5, 0.6) is 0 Å². The average molecular weight is 290 g/mol. The Hall–Kier alpha value is -2.03. The van der Waals surface area contributed by atoms with Crippen LogP contribution in [0.3, 0.4) is 0 Å². The Labute approximate surface area is 122 Å². The average Bonchev–Trinajstić information content (AvgIpc) is 2.45. The van der Waals surface area contributed by atoms with Crippen LogP contribution in [0.15, 0.2) is 48.5 Å². The minimum Gasteiger partial charge on any atom is -0.166 e. The number of benzene rings is 2. The minimum absolute atomic E-state index is 0.464. The lowest BCUT2D eigenvalue weighted by Crippen LogP contribution is -2.04. The fraction of sp³-hybridized carbons (Fsp3) is 0.222. The highest BCUT2D eigenvalue weighted by atomic mass is 19.4. The molecule has 0 bridgehead atoms. The van der Waals surface area contributed by atoms with Crippen molar-refractivity contribution >= 4 is 12.2 Å². The Bertz CT molecular complexity index is 620. The lowest BCUT2D eigenvalue weighted by molar-refractivity contribution is -0.137. The van der Waals surface area contributed by atoms with E-state index in [9.17, 15) is 13.2 Å². The van der Waals surface area contributed by atoms with E-state index < -0.39 is 11.7 Å². The van der Waals surface area contributed by atoms with Gasteiger partial charge in [0.25, 0.3) is 0 Å². The highest BCUT2D eigenvalue weighted by Gasteiger charge is 2.30. The molecule has 3 heteroatoms. The Morgan fingerprint density at radius 1 is 0.857 bits per heavy atom. The summed E-state index contributed by atoms with van der Waals surface area (Å²) in [6.45, 7) is 4.24. The summed E-state index contributed by atoms with van der Waals surface area (Å²) in [4.78, 5) is 0. The van der Waals surface area contributed by atoms with Gasteiger partial charge >= 0.3 is 6.18 Å². The largest absolute Gasteiger partial charge is 0.416 e. The van der Waals surface area contributed by atoms with Gasteiger partial charge in [0.1, 0.15) is 0 Å². The molecule has 0 atom stereocenters. The summed E-state index contributed by atoms with van der Waals surface area (Å²) in [5.41, 5.74) is 2.13. The summed E-state index contributed by atoms with van der Waals surface area (Å²) >= 11 is 0. The van der Waals surface area contributed by atoms with E-state index in [1.807, 2.05) is 30.3 Å². The molecule has 0 aliphatic carbocycles. The first-order valence-electron chi connectivity index (χ1n) is 6.81. The van der Waals surface area contributed by atoms with Crippen LogP contribution in [-0.2, 0) is 6.18 Å². The quantitative estimate of drug-likeness (QED) is 0.608. The first-order chi connectivity index (χ1) is 9.86. The Balaban J connectivity index is 2.17. The Morgan fingerprint density at radius 2 is 1.48 bits per heavy atom. The summed E-state index contributed by atoms with van der Waals surface area (Å²) < 4.78 is 37.9.